The maximum Gasteiger partial charge on any atom is 0.261 e. The highest BCUT2D eigenvalue weighted by Crippen LogP contribution is 2.34. The lowest BCUT2D eigenvalue weighted by Gasteiger charge is -2.37. The smallest absolute Gasteiger partial charge is 0.261 e. The number of hydrogen-bond donors (Lipinski definition) is 1. The van der Waals surface area contributed by atoms with Gasteiger partial charge >= 0.3 is 0 Å². The van der Waals surface area contributed by atoms with E-state index in [2.05, 4.69) is 29.6 Å². The van der Waals surface area contributed by atoms with Gasteiger partial charge in [-0.1, -0.05) is 30.3 Å². The van der Waals surface area contributed by atoms with Gasteiger partial charge in [-0.3, -0.25) is 4.79 Å². The van der Waals surface area contributed by atoms with Crippen LogP contribution >= 0.6 is 11.3 Å². The fraction of sp³-hybridized carbons (Fsp3) is 0.389. The summed E-state index contributed by atoms with van der Waals surface area (Å²) in [6.45, 7) is 4.18. The third-order valence-corrected chi connectivity index (χ3v) is 5.42. The van der Waals surface area contributed by atoms with Crippen LogP contribution in [0, 0.1) is 6.92 Å². The number of rotatable bonds is 4. The Morgan fingerprint density at radius 2 is 2.00 bits per heavy atom. The molecule has 1 aliphatic rings. The van der Waals surface area contributed by atoms with E-state index < -0.39 is 0 Å². The summed E-state index contributed by atoms with van der Waals surface area (Å²) in [5.41, 5.74) is 2.42. The van der Waals surface area contributed by atoms with Gasteiger partial charge in [0.1, 0.15) is 0 Å². The molecule has 0 unspecified atom stereocenters. The molecule has 0 atom stereocenters. The van der Waals surface area contributed by atoms with Crippen LogP contribution in [0.1, 0.15) is 33.6 Å². The maximum absolute atomic E-state index is 12.3. The van der Waals surface area contributed by atoms with Gasteiger partial charge in [-0.15, -0.1) is 11.3 Å². The van der Waals surface area contributed by atoms with E-state index >= 15 is 0 Å². The van der Waals surface area contributed by atoms with Crippen molar-refractivity contribution in [2.24, 2.45) is 0 Å². The summed E-state index contributed by atoms with van der Waals surface area (Å²) in [5.74, 6) is 0.0277. The zero-order valence-electron chi connectivity index (χ0n) is 12.8. The number of aryl methyl sites for hydroxylation is 1. The predicted molar refractivity (Wildman–Crippen MR) is 89.6 cm³/mol. The topological polar surface area (TPSA) is 38.3 Å². The molecule has 1 amide bonds. The van der Waals surface area contributed by atoms with Crippen molar-refractivity contribution in [3.63, 3.8) is 0 Å². The quantitative estimate of drug-likeness (QED) is 0.937. The second kappa shape index (κ2) is 6.63. The van der Waals surface area contributed by atoms with Gasteiger partial charge < -0.3 is 10.1 Å². The minimum atomic E-state index is -0.0124. The first-order valence-corrected chi connectivity index (χ1v) is 8.54. The lowest BCUT2D eigenvalue weighted by atomic mass is 9.74. The first-order chi connectivity index (χ1) is 10.7. The first kappa shape index (κ1) is 15.3. The van der Waals surface area contributed by atoms with Crippen LogP contribution in [0.4, 0.5) is 0 Å². The Hall–Kier alpha value is -1.65. The molecule has 0 spiro atoms. The van der Waals surface area contributed by atoms with Crippen molar-refractivity contribution >= 4 is 17.2 Å². The predicted octanol–water partition coefficient (Wildman–Crippen LogP) is 3.53. The third-order valence-electron chi connectivity index (χ3n) is 4.38. The Labute approximate surface area is 135 Å². The molecule has 1 fully saturated rings. The van der Waals surface area contributed by atoms with E-state index in [-0.39, 0.29) is 11.3 Å². The highest BCUT2D eigenvalue weighted by atomic mass is 32.1. The minimum Gasteiger partial charge on any atom is -0.381 e. The van der Waals surface area contributed by atoms with Crippen molar-refractivity contribution in [2.75, 3.05) is 19.8 Å². The van der Waals surface area contributed by atoms with Crippen LogP contribution in [0.3, 0.4) is 0 Å². The molecule has 4 heteroatoms. The molecule has 1 aromatic carbocycles. The van der Waals surface area contributed by atoms with Crippen molar-refractivity contribution in [1.29, 1.82) is 0 Å². The fourth-order valence-electron chi connectivity index (χ4n) is 3.01. The second-order valence-electron chi connectivity index (χ2n) is 5.93. The van der Waals surface area contributed by atoms with Crippen molar-refractivity contribution in [1.82, 2.24) is 5.32 Å². The molecule has 2 heterocycles. The average Bonchev–Trinajstić information content (AvgIpc) is 3.01. The number of thiophene rings is 1. The van der Waals surface area contributed by atoms with E-state index in [1.807, 2.05) is 24.4 Å². The van der Waals surface area contributed by atoms with Gasteiger partial charge in [-0.25, -0.2) is 0 Å². The van der Waals surface area contributed by atoms with Crippen LogP contribution in [-0.4, -0.2) is 25.7 Å². The second-order valence-corrected chi connectivity index (χ2v) is 6.84. The van der Waals surface area contributed by atoms with Gasteiger partial charge in [0.25, 0.3) is 5.91 Å². The number of ether oxygens (including phenoxy) is 1. The van der Waals surface area contributed by atoms with Crippen LogP contribution < -0.4 is 5.32 Å². The first-order valence-electron chi connectivity index (χ1n) is 7.66. The van der Waals surface area contributed by atoms with Crippen molar-refractivity contribution in [2.45, 2.75) is 25.2 Å². The standard InChI is InChI=1S/C18H21NO2S/c1-14-11-16(22-12-14)17(20)19-13-18(7-9-21-10-8-18)15-5-3-2-4-6-15/h2-6,11-12H,7-10,13H2,1H3,(H,19,20). The largest absolute Gasteiger partial charge is 0.381 e. The Kier molecular flexibility index (Phi) is 4.60. The monoisotopic (exact) mass is 315 g/mol. The molecular weight excluding hydrogens is 294 g/mol. The number of carbonyl (C=O) groups is 1. The molecule has 116 valence electrons. The van der Waals surface area contributed by atoms with Crippen molar-refractivity contribution < 1.29 is 9.53 Å². The molecular formula is C18H21NO2S. The van der Waals surface area contributed by atoms with E-state index in [4.69, 9.17) is 4.74 Å². The lowest BCUT2D eigenvalue weighted by molar-refractivity contribution is 0.0487. The van der Waals surface area contributed by atoms with Gasteiger partial charge in [-0.05, 0) is 42.3 Å². The molecule has 22 heavy (non-hydrogen) atoms. The molecule has 3 nitrogen and oxygen atoms in total. The van der Waals surface area contributed by atoms with Crippen molar-refractivity contribution in [3.8, 4) is 0 Å². The van der Waals surface area contributed by atoms with Gasteiger partial charge in [-0.2, -0.15) is 0 Å². The Morgan fingerprint density at radius 1 is 1.27 bits per heavy atom. The molecule has 1 aromatic heterocycles. The molecule has 0 bridgehead atoms. The van der Waals surface area contributed by atoms with E-state index in [1.165, 1.54) is 16.9 Å². The van der Waals surface area contributed by atoms with Crippen molar-refractivity contribution in [3.05, 3.63) is 57.8 Å². The number of amides is 1. The molecule has 0 aliphatic carbocycles. The summed E-state index contributed by atoms with van der Waals surface area (Å²) in [7, 11) is 0. The van der Waals surface area contributed by atoms with Gasteiger partial charge in [0.15, 0.2) is 0 Å². The molecule has 1 aliphatic heterocycles. The van der Waals surface area contributed by atoms with E-state index in [0.29, 0.717) is 6.54 Å². The van der Waals surface area contributed by atoms with Crippen LogP contribution in [0.2, 0.25) is 0 Å². The Morgan fingerprint density at radius 3 is 2.64 bits per heavy atom. The summed E-state index contributed by atoms with van der Waals surface area (Å²) in [4.78, 5) is 13.1. The number of hydrogen-bond acceptors (Lipinski definition) is 3. The maximum atomic E-state index is 12.3. The fourth-order valence-corrected chi connectivity index (χ4v) is 3.82. The van der Waals surface area contributed by atoms with E-state index in [9.17, 15) is 4.79 Å². The number of nitrogens with one attached hydrogen (secondary N) is 1. The summed E-state index contributed by atoms with van der Waals surface area (Å²) in [6.07, 6.45) is 1.89. The van der Waals surface area contributed by atoms with Gasteiger partial charge in [0.2, 0.25) is 0 Å². The summed E-state index contributed by atoms with van der Waals surface area (Å²) >= 11 is 1.50. The van der Waals surface area contributed by atoms with E-state index in [1.54, 1.807) is 0 Å². The molecule has 0 saturated carbocycles. The molecule has 1 saturated heterocycles. The van der Waals surface area contributed by atoms with Gasteiger partial charge in [0.05, 0.1) is 4.88 Å². The Balaban J connectivity index is 1.75. The molecule has 3 rings (SSSR count). The normalized spacial score (nSPS) is 17.1. The minimum absolute atomic E-state index is 0.0124. The zero-order chi connectivity index (χ0) is 15.4. The van der Waals surface area contributed by atoms with Crippen LogP contribution in [-0.2, 0) is 10.2 Å². The Bertz CT molecular complexity index is 630. The lowest BCUT2D eigenvalue weighted by Crippen LogP contribution is -2.44. The summed E-state index contributed by atoms with van der Waals surface area (Å²) < 4.78 is 5.53. The SMILES string of the molecule is Cc1csc(C(=O)NCC2(c3ccccc3)CCOCC2)c1. The summed E-state index contributed by atoms with van der Waals surface area (Å²) in [6, 6.07) is 12.4. The highest BCUT2D eigenvalue weighted by molar-refractivity contribution is 7.12. The zero-order valence-corrected chi connectivity index (χ0v) is 13.6. The average molecular weight is 315 g/mol. The number of carbonyl (C=O) groups excluding carboxylic acids is 1. The van der Waals surface area contributed by atoms with Gasteiger partial charge in [0, 0.05) is 25.2 Å². The molecule has 2 aromatic rings. The van der Waals surface area contributed by atoms with Crippen LogP contribution in [0.5, 0.6) is 0 Å². The number of benzene rings is 1. The van der Waals surface area contributed by atoms with E-state index in [0.717, 1.165) is 36.5 Å². The van der Waals surface area contributed by atoms with Crippen LogP contribution in [0.15, 0.2) is 41.8 Å². The highest BCUT2D eigenvalue weighted by Gasteiger charge is 2.34. The summed E-state index contributed by atoms with van der Waals surface area (Å²) in [5, 5.41) is 5.15. The molecule has 1 N–H and O–H groups in total. The van der Waals surface area contributed by atoms with Crippen LogP contribution in [0.25, 0.3) is 0 Å². The third kappa shape index (κ3) is 3.23. The molecule has 0 radical (unpaired) electrons.